The van der Waals surface area contributed by atoms with Crippen LogP contribution in [0.3, 0.4) is 0 Å². The highest BCUT2D eigenvalue weighted by Gasteiger charge is 2.36. The molecule has 7 nitrogen and oxygen atoms in total. The number of rotatable bonds is 6. The first-order chi connectivity index (χ1) is 11.8. The number of carbonyl (C=O) groups excluding carboxylic acids is 1. The molecule has 132 valence electrons. The van der Waals surface area contributed by atoms with Gasteiger partial charge in [-0.3, -0.25) is 13.9 Å². The Bertz CT molecular complexity index is 949. The summed E-state index contributed by atoms with van der Waals surface area (Å²) in [6.07, 6.45) is -0.0625. The Hall–Kier alpha value is -2.61. The molecular formula is C17H18N2O5S. The van der Waals surface area contributed by atoms with Crippen molar-refractivity contribution in [3.05, 3.63) is 36.4 Å². The zero-order valence-electron chi connectivity index (χ0n) is 13.6. The average molecular weight is 362 g/mol. The molecule has 1 amide bonds. The first-order valence-electron chi connectivity index (χ1n) is 7.83. The van der Waals surface area contributed by atoms with Crippen molar-refractivity contribution >= 4 is 38.4 Å². The molecule has 0 aliphatic carbocycles. The molecule has 1 aliphatic rings. The van der Waals surface area contributed by atoms with Gasteiger partial charge in [-0.2, -0.15) is 0 Å². The normalized spacial score (nSPS) is 16.0. The second kappa shape index (κ2) is 6.36. The largest absolute Gasteiger partial charge is 0.481 e. The Morgan fingerprint density at radius 1 is 1.20 bits per heavy atom. The summed E-state index contributed by atoms with van der Waals surface area (Å²) < 4.78 is 26.6. The van der Waals surface area contributed by atoms with Gasteiger partial charge in [-0.1, -0.05) is 31.2 Å². The molecular weight excluding hydrogens is 344 g/mol. The van der Waals surface area contributed by atoms with Crippen molar-refractivity contribution in [1.29, 1.82) is 0 Å². The minimum Gasteiger partial charge on any atom is -0.481 e. The maximum atomic E-state index is 12.8. The molecule has 3 rings (SSSR count). The fraction of sp³-hybridized carbons (Fsp3) is 0.294. The van der Waals surface area contributed by atoms with E-state index in [2.05, 4.69) is 5.32 Å². The molecule has 0 saturated carbocycles. The van der Waals surface area contributed by atoms with Gasteiger partial charge < -0.3 is 10.4 Å². The van der Waals surface area contributed by atoms with Crippen LogP contribution in [-0.2, 0) is 19.6 Å². The van der Waals surface area contributed by atoms with Gasteiger partial charge in [0.2, 0.25) is 5.91 Å². The van der Waals surface area contributed by atoms with Gasteiger partial charge in [0, 0.05) is 18.4 Å². The van der Waals surface area contributed by atoms with Crippen LogP contribution in [0, 0.1) is 5.92 Å². The third kappa shape index (κ3) is 3.17. The number of hydrogen-bond acceptors (Lipinski definition) is 4. The number of benzene rings is 2. The predicted molar refractivity (Wildman–Crippen MR) is 92.9 cm³/mol. The fourth-order valence-corrected chi connectivity index (χ4v) is 4.64. The van der Waals surface area contributed by atoms with Crippen molar-refractivity contribution in [2.45, 2.75) is 18.2 Å². The van der Waals surface area contributed by atoms with Crippen molar-refractivity contribution in [1.82, 2.24) is 5.32 Å². The molecule has 0 radical (unpaired) electrons. The smallest absolute Gasteiger partial charge is 0.303 e. The lowest BCUT2D eigenvalue weighted by Crippen LogP contribution is -2.40. The predicted octanol–water partition coefficient (Wildman–Crippen LogP) is 1.58. The Kier molecular flexibility index (Phi) is 4.38. The van der Waals surface area contributed by atoms with Crippen LogP contribution in [0.1, 0.15) is 13.3 Å². The zero-order chi connectivity index (χ0) is 18.2. The molecule has 2 aromatic rings. The zero-order valence-corrected chi connectivity index (χ0v) is 14.4. The molecule has 0 aromatic heterocycles. The van der Waals surface area contributed by atoms with Crippen LogP contribution >= 0.6 is 0 Å². The SMILES string of the molecule is CC(CNC(=O)CN1c2cccc3cccc(c23)S1(=O)=O)CC(=O)O. The minimum atomic E-state index is -3.77. The monoisotopic (exact) mass is 362 g/mol. The van der Waals surface area contributed by atoms with Gasteiger partial charge in [0.15, 0.2) is 0 Å². The molecule has 1 unspecified atom stereocenters. The van der Waals surface area contributed by atoms with Crippen LogP contribution in [0.25, 0.3) is 10.8 Å². The van der Waals surface area contributed by atoms with E-state index in [1.807, 2.05) is 12.1 Å². The van der Waals surface area contributed by atoms with E-state index in [0.717, 1.165) is 9.69 Å². The second-order valence-corrected chi connectivity index (χ2v) is 7.98. The highest BCUT2D eigenvalue weighted by molar-refractivity contribution is 7.93. The number of amides is 1. The van der Waals surface area contributed by atoms with E-state index in [-0.39, 0.29) is 30.3 Å². The van der Waals surface area contributed by atoms with Crippen molar-refractivity contribution < 1.29 is 23.1 Å². The summed E-state index contributed by atoms with van der Waals surface area (Å²) >= 11 is 0. The van der Waals surface area contributed by atoms with Crippen LogP contribution in [0.5, 0.6) is 0 Å². The van der Waals surface area contributed by atoms with Gasteiger partial charge >= 0.3 is 5.97 Å². The summed E-state index contributed by atoms with van der Waals surface area (Å²) in [6, 6.07) is 10.3. The molecule has 1 aliphatic heterocycles. The fourth-order valence-electron chi connectivity index (χ4n) is 2.97. The molecule has 2 N–H and O–H groups in total. The van der Waals surface area contributed by atoms with Crippen LogP contribution in [0.15, 0.2) is 41.3 Å². The van der Waals surface area contributed by atoms with Gasteiger partial charge in [-0.15, -0.1) is 0 Å². The van der Waals surface area contributed by atoms with E-state index >= 15 is 0 Å². The van der Waals surface area contributed by atoms with E-state index in [1.54, 1.807) is 25.1 Å². The number of aliphatic carboxylic acids is 1. The quantitative estimate of drug-likeness (QED) is 0.812. The van der Waals surface area contributed by atoms with E-state index in [0.29, 0.717) is 11.1 Å². The number of carboxylic acids is 1. The summed E-state index contributed by atoms with van der Waals surface area (Å²) in [5.74, 6) is -1.64. The Morgan fingerprint density at radius 2 is 1.88 bits per heavy atom. The standard InChI is InChI=1S/C17H18N2O5S/c1-11(8-16(21)22)9-18-15(20)10-19-13-6-2-4-12-5-3-7-14(17(12)13)25(19,23)24/h2-7,11H,8-10H2,1H3,(H,18,20)(H,21,22). The number of carboxylic acid groups (broad SMARTS) is 1. The second-order valence-electron chi connectivity index (χ2n) is 6.15. The topological polar surface area (TPSA) is 104 Å². The Balaban J connectivity index is 1.79. The number of sulfonamides is 1. The van der Waals surface area contributed by atoms with Gasteiger partial charge in [0.05, 0.1) is 10.6 Å². The highest BCUT2D eigenvalue weighted by Crippen LogP contribution is 2.41. The van der Waals surface area contributed by atoms with Gasteiger partial charge in [0.1, 0.15) is 6.54 Å². The van der Waals surface area contributed by atoms with Crippen molar-refractivity contribution in [3.63, 3.8) is 0 Å². The third-order valence-corrected chi connectivity index (χ3v) is 5.94. The molecule has 0 bridgehead atoms. The third-order valence-electron chi connectivity index (χ3n) is 4.14. The van der Waals surface area contributed by atoms with Gasteiger partial charge in [0.25, 0.3) is 10.0 Å². The number of anilines is 1. The first-order valence-corrected chi connectivity index (χ1v) is 9.27. The summed E-state index contributed by atoms with van der Waals surface area (Å²) in [6.45, 7) is 1.55. The van der Waals surface area contributed by atoms with E-state index in [9.17, 15) is 18.0 Å². The lowest BCUT2D eigenvalue weighted by atomic mass is 10.1. The van der Waals surface area contributed by atoms with Crippen LogP contribution < -0.4 is 9.62 Å². The van der Waals surface area contributed by atoms with E-state index in [4.69, 9.17) is 5.11 Å². The number of carbonyl (C=O) groups is 2. The number of nitrogens with one attached hydrogen (secondary N) is 1. The summed E-state index contributed by atoms with van der Waals surface area (Å²) in [5.41, 5.74) is 0.488. The highest BCUT2D eigenvalue weighted by atomic mass is 32.2. The lowest BCUT2D eigenvalue weighted by Gasteiger charge is -2.19. The van der Waals surface area contributed by atoms with Crippen molar-refractivity contribution in [3.8, 4) is 0 Å². The molecule has 1 heterocycles. The number of hydrogen-bond donors (Lipinski definition) is 2. The van der Waals surface area contributed by atoms with Crippen LogP contribution in [-0.4, -0.2) is 38.5 Å². The van der Waals surface area contributed by atoms with Gasteiger partial charge in [-0.25, -0.2) is 8.42 Å². The van der Waals surface area contributed by atoms with Crippen molar-refractivity contribution in [2.75, 3.05) is 17.4 Å². The maximum absolute atomic E-state index is 12.8. The van der Waals surface area contributed by atoms with Crippen LogP contribution in [0.2, 0.25) is 0 Å². The molecule has 25 heavy (non-hydrogen) atoms. The summed E-state index contributed by atoms with van der Waals surface area (Å²) in [5, 5.41) is 12.8. The van der Waals surface area contributed by atoms with Crippen molar-refractivity contribution in [2.24, 2.45) is 5.92 Å². The molecule has 8 heteroatoms. The minimum absolute atomic E-state index is 0.0625. The average Bonchev–Trinajstić information content (AvgIpc) is 2.76. The molecule has 1 atom stereocenters. The lowest BCUT2D eigenvalue weighted by molar-refractivity contribution is -0.138. The van der Waals surface area contributed by atoms with Crippen LogP contribution in [0.4, 0.5) is 5.69 Å². The summed E-state index contributed by atoms with van der Waals surface area (Å²) in [7, 11) is -3.77. The Labute approximate surface area is 145 Å². The number of nitrogens with zero attached hydrogens (tertiary/aromatic N) is 1. The Morgan fingerprint density at radius 3 is 2.56 bits per heavy atom. The molecule has 0 saturated heterocycles. The molecule has 0 spiro atoms. The molecule has 2 aromatic carbocycles. The molecule has 0 fully saturated rings. The first kappa shape index (κ1) is 17.2. The van der Waals surface area contributed by atoms with Gasteiger partial charge in [-0.05, 0) is 23.4 Å². The summed E-state index contributed by atoms with van der Waals surface area (Å²) in [4.78, 5) is 23.0. The maximum Gasteiger partial charge on any atom is 0.303 e. The van der Waals surface area contributed by atoms with E-state index < -0.39 is 21.9 Å². The van der Waals surface area contributed by atoms with E-state index in [1.165, 1.54) is 6.07 Å².